The number of aromatic amines is 1. The van der Waals surface area contributed by atoms with Crippen LogP contribution in [0.3, 0.4) is 0 Å². The number of fused-ring (bicyclic) bond motifs is 1. The van der Waals surface area contributed by atoms with Crippen molar-refractivity contribution < 1.29 is 14.7 Å². The number of rotatable bonds is 2. The average Bonchev–Trinajstić information content (AvgIpc) is 3.04. The highest BCUT2D eigenvalue weighted by molar-refractivity contribution is 6.05. The van der Waals surface area contributed by atoms with Gasteiger partial charge in [-0.3, -0.25) is 14.7 Å². The van der Waals surface area contributed by atoms with Crippen LogP contribution in [0.25, 0.3) is 10.9 Å². The lowest BCUT2D eigenvalue weighted by Gasteiger charge is -2.14. The third-order valence-corrected chi connectivity index (χ3v) is 3.75. The van der Waals surface area contributed by atoms with Gasteiger partial charge in [0.25, 0.3) is 5.91 Å². The molecular weight excluding hydrogens is 258 g/mol. The van der Waals surface area contributed by atoms with Crippen LogP contribution in [0.2, 0.25) is 0 Å². The lowest BCUT2D eigenvalue weighted by Crippen LogP contribution is -2.30. The van der Waals surface area contributed by atoms with Gasteiger partial charge in [0, 0.05) is 18.5 Å². The fourth-order valence-corrected chi connectivity index (χ4v) is 2.59. The third kappa shape index (κ3) is 2.03. The molecule has 2 N–H and O–H groups in total. The third-order valence-electron chi connectivity index (χ3n) is 3.75. The number of benzene rings is 1. The summed E-state index contributed by atoms with van der Waals surface area (Å²) < 4.78 is 0. The lowest BCUT2D eigenvalue weighted by molar-refractivity contribution is -0.141. The minimum absolute atomic E-state index is 0.203. The number of carbonyl (C=O) groups excluding carboxylic acids is 1. The molecule has 1 aliphatic rings. The maximum Gasteiger partial charge on any atom is 0.308 e. The minimum atomic E-state index is -0.844. The fraction of sp³-hybridized carbons (Fsp3) is 0.357. The van der Waals surface area contributed by atoms with E-state index in [4.69, 9.17) is 5.11 Å². The summed E-state index contributed by atoms with van der Waals surface area (Å²) in [5.74, 6) is -1.51. The van der Waals surface area contributed by atoms with Crippen molar-refractivity contribution in [3.05, 3.63) is 29.5 Å². The van der Waals surface area contributed by atoms with Gasteiger partial charge in [0.15, 0.2) is 5.69 Å². The number of hydrogen-bond acceptors (Lipinski definition) is 3. The fourth-order valence-electron chi connectivity index (χ4n) is 2.59. The van der Waals surface area contributed by atoms with Crippen LogP contribution in [0.15, 0.2) is 18.2 Å². The van der Waals surface area contributed by atoms with Crippen LogP contribution in [0.4, 0.5) is 0 Å². The highest BCUT2D eigenvalue weighted by Gasteiger charge is 2.32. The summed E-state index contributed by atoms with van der Waals surface area (Å²) in [6, 6.07) is 5.75. The smallest absolute Gasteiger partial charge is 0.308 e. The highest BCUT2D eigenvalue weighted by atomic mass is 16.4. The Morgan fingerprint density at radius 1 is 1.45 bits per heavy atom. The molecule has 1 aromatic heterocycles. The van der Waals surface area contributed by atoms with E-state index in [-0.39, 0.29) is 12.5 Å². The van der Waals surface area contributed by atoms with E-state index in [1.54, 1.807) is 4.90 Å². The Balaban J connectivity index is 1.90. The standard InChI is InChI=1S/C14H15N3O3/c1-8-2-3-11-10(6-8)12(16-15-11)13(18)17-5-4-9(7-17)14(19)20/h2-3,6,9H,4-5,7H2,1H3,(H,15,16)(H,19,20)/t9-/m1/s1. The van der Waals surface area contributed by atoms with Gasteiger partial charge in [-0.2, -0.15) is 5.10 Å². The molecule has 1 aromatic carbocycles. The number of carboxylic acids is 1. The summed E-state index contributed by atoms with van der Waals surface area (Å²) in [5, 5.41) is 16.7. The van der Waals surface area contributed by atoms with Crippen molar-refractivity contribution in [2.45, 2.75) is 13.3 Å². The van der Waals surface area contributed by atoms with Crippen LogP contribution >= 0.6 is 0 Å². The number of aryl methyl sites for hydroxylation is 1. The largest absolute Gasteiger partial charge is 0.481 e. The maximum absolute atomic E-state index is 12.5. The SMILES string of the molecule is Cc1ccc2[nH]nc(C(=O)N3CC[C@@H](C(=O)O)C3)c2c1. The Morgan fingerprint density at radius 2 is 2.25 bits per heavy atom. The molecule has 2 heterocycles. The van der Waals surface area contributed by atoms with E-state index >= 15 is 0 Å². The quantitative estimate of drug-likeness (QED) is 0.866. The summed E-state index contributed by atoms with van der Waals surface area (Å²) >= 11 is 0. The molecule has 20 heavy (non-hydrogen) atoms. The number of aromatic nitrogens is 2. The summed E-state index contributed by atoms with van der Waals surface area (Å²) in [5.41, 5.74) is 2.24. The molecule has 6 heteroatoms. The van der Waals surface area contributed by atoms with E-state index in [0.29, 0.717) is 18.7 Å². The number of nitrogens with zero attached hydrogens (tertiary/aromatic N) is 2. The van der Waals surface area contributed by atoms with Crippen molar-refractivity contribution in [2.24, 2.45) is 5.92 Å². The zero-order chi connectivity index (χ0) is 14.3. The molecule has 1 amide bonds. The molecule has 0 spiro atoms. The molecule has 0 radical (unpaired) electrons. The number of aliphatic carboxylic acids is 1. The van der Waals surface area contributed by atoms with Gasteiger partial charge in [-0.25, -0.2) is 0 Å². The minimum Gasteiger partial charge on any atom is -0.481 e. The highest BCUT2D eigenvalue weighted by Crippen LogP contribution is 2.22. The van der Waals surface area contributed by atoms with E-state index < -0.39 is 11.9 Å². The van der Waals surface area contributed by atoms with E-state index in [2.05, 4.69) is 10.2 Å². The zero-order valence-corrected chi connectivity index (χ0v) is 11.1. The van der Waals surface area contributed by atoms with Gasteiger partial charge in [-0.05, 0) is 25.5 Å². The van der Waals surface area contributed by atoms with Crippen molar-refractivity contribution >= 4 is 22.8 Å². The number of carbonyl (C=O) groups is 2. The molecule has 2 aromatic rings. The molecule has 0 unspecified atom stereocenters. The van der Waals surface area contributed by atoms with Crippen molar-refractivity contribution in [2.75, 3.05) is 13.1 Å². The molecule has 3 rings (SSSR count). The molecule has 0 saturated carbocycles. The second-order valence-electron chi connectivity index (χ2n) is 5.20. The summed E-state index contributed by atoms with van der Waals surface area (Å²) in [7, 11) is 0. The van der Waals surface area contributed by atoms with Gasteiger partial charge >= 0.3 is 5.97 Å². The van der Waals surface area contributed by atoms with E-state index in [1.165, 1.54) is 0 Å². The van der Waals surface area contributed by atoms with Crippen LogP contribution < -0.4 is 0 Å². The summed E-state index contributed by atoms with van der Waals surface area (Å²) in [4.78, 5) is 25.0. The van der Waals surface area contributed by atoms with Crippen LogP contribution in [0, 0.1) is 12.8 Å². The van der Waals surface area contributed by atoms with E-state index in [9.17, 15) is 9.59 Å². The van der Waals surface area contributed by atoms with Gasteiger partial charge in [0.2, 0.25) is 0 Å². The molecule has 6 nitrogen and oxygen atoms in total. The number of carboxylic acid groups (broad SMARTS) is 1. The molecule has 1 aliphatic heterocycles. The average molecular weight is 273 g/mol. The predicted molar refractivity (Wildman–Crippen MR) is 72.5 cm³/mol. The first-order valence-corrected chi connectivity index (χ1v) is 6.53. The van der Waals surface area contributed by atoms with Gasteiger partial charge < -0.3 is 10.0 Å². The Bertz CT molecular complexity index is 692. The Kier molecular flexibility index (Phi) is 2.93. The van der Waals surface area contributed by atoms with Crippen LogP contribution in [-0.2, 0) is 4.79 Å². The Hall–Kier alpha value is -2.37. The molecular formula is C14H15N3O3. The summed E-state index contributed by atoms with van der Waals surface area (Å²) in [6.45, 7) is 2.68. The Labute approximate surface area is 115 Å². The van der Waals surface area contributed by atoms with E-state index in [0.717, 1.165) is 16.5 Å². The Morgan fingerprint density at radius 3 is 2.95 bits per heavy atom. The molecule has 0 aliphatic carbocycles. The van der Waals surface area contributed by atoms with Gasteiger partial charge in [-0.1, -0.05) is 11.6 Å². The van der Waals surface area contributed by atoms with Gasteiger partial charge in [0.05, 0.1) is 11.4 Å². The normalized spacial score (nSPS) is 18.6. The number of amides is 1. The van der Waals surface area contributed by atoms with Gasteiger partial charge in [-0.15, -0.1) is 0 Å². The first kappa shape index (κ1) is 12.7. The monoisotopic (exact) mass is 273 g/mol. The van der Waals surface area contributed by atoms with Crippen molar-refractivity contribution in [1.29, 1.82) is 0 Å². The van der Waals surface area contributed by atoms with Crippen molar-refractivity contribution in [3.63, 3.8) is 0 Å². The molecule has 1 saturated heterocycles. The van der Waals surface area contributed by atoms with Crippen molar-refractivity contribution in [1.82, 2.24) is 15.1 Å². The second kappa shape index (κ2) is 4.63. The maximum atomic E-state index is 12.5. The number of H-pyrrole nitrogens is 1. The zero-order valence-electron chi connectivity index (χ0n) is 11.1. The first-order valence-electron chi connectivity index (χ1n) is 6.53. The number of hydrogen-bond donors (Lipinski definition) is 2. The number of likely N-dealkylation sites (tertiary alicyclic amines) is 1. The molecule has 1 atom stereocenters. The van der Waals surface area contributed by atoms with E-state index in [1.807, 2.05) is 25.1 Å². The van der Waals surface area contributed by atoms with Gasteiger partial charge in [0.1, 0.15) is 0 Å². The predicted octanol–water partition coefficient (Wildman–Crippen LogP) is 1.42. The van der Waals surface area contributed by atoms with Crippen LogP contribution in [0.1, 0.15) is 22.5 Å². The van der Waals surface area contributed by atoms with Crippen LogP contribution in [0.5, 0.6) is 0 Å². The molecule has 104 valence electrons. The summed E-state index contributed by atoms with van der Waals surface area (Å²) in [6.07, 6.45) is 0.502. The molecule has 1 fully saturated rings. The molecule has 0 bridgehead atoms. The first-order chi connectivity index (χ1) is 9.56. The topological polar surface area (TPSA) is 86.3 Å². The van der Waals surface area contributed by atoms with Crippen LogP contribution in [-0.4, -0.2) is 45.2 Å². The second-order valence-corrected chi connectivity index (χ2v) is 5.20. The lowest BCUT2D eigenvalue weighted by atomic mass is 10.1. The number of nitrogens with one attached hydrogen (secondary N) is 1. The van der Waals surface area contributed by atoms with Crippen molar-refractivity contribution in [3.8, 4) is 0 Å².